The molecule has 0 spiro atoms. The monoisotopic (exact) mass is 462 g/mol. The van der Waals surface area contributed by atoms with Crippen molar-refractivity contribution in [1.29, 1.82) is 0 Å². The number of ether oxygens (including phenoxy) is 2. The number of nitrogens with one attached hydrogen (secondary N) is 1. The molecule has 2 amide bonds. The summed E-state index contributed by atoms with van der Waals surface area (Å²) in [6.07, 6.45) is 0.893. The zero-order chi connectivity index (χ0) is 23.4. The van der Waals surface area contributed by atoms with Gasteiger partial charge >= 0.3 is 0 Å². The Balaban J connectivity index is 1.75. The lowest BCUT2D eigenvalue weighted by Gasteiger charge is -2.15. The molecule has 0 saturated carbocycles. The zero-order valence-electron chi connectivity index (χ0n) is 18.3. The predicted molar refractivity (Wildman–Crippen MR) is 130 cm³/mol. The van der Waals surface area contributed by atoms with E-state index in [1.54, 1.807) is 66.7 Å². The summed E-state index contributed by atoms with van der Waals surface area (Å²) >= 11 is 6.26. The Kier molecular flexibility index (Phi) is 6.66. The van der Waals surface area contributed by atoms with Crippen LogP contribution in [0, 0.1) is 0 Å². The van der Waals surface area contributed by atoms with Gasteiger partial charge in [0.2, 0.25) is 0 Å². The number of halogens is 1. The highest BCUT2D eigenvalue weighted by Gasteiger charge is 2.40. The largest absolute Gasteiger partial charge is 0.495 e. The fraction of sp³-hybridized carbons (Fsp3) is 0.154. The van der Waals surface area contributed by atoms with Crippen LogP contribution in [0.2, 0.25) is 5.02 Å². The molecular formula is C26H23ClN2O4. The molecule has 1 heterocycles. The zero-order valence-corrected chi connectivity index (χ0v) is 19.1. The van der Waals surface area contributed by atoms with Gasteiger partial charge in [-0.15, -0.1) is 0 Å². The fourth-order valence-corrected chi connectivity index (χ4v) is 3.81. The van der Waals surface area contributed by atoms with Gasteiger partial charge in [-0.2, -0.15) is 0 Å². The number of amides is 2. The van der Waals surface area contributed by atoms with Crippen molar-refractivity contribution in [1.82, 2.24) is 0 Å². The minimum atomic E-state index is -0.445. The lowest BCUT2D eigenvalue weighted by atomic mass is 10.0. The Labute approximate surface area is 197 Å². The molecule has 4 rings (SSSR count). The van der Waals surface area contributed by atoms with Crippen LogP contribution in [-0.4, -0.2) is 25.5 Å². The second-order valence-corrected chi connectivity index (χ2v) is 7.79. The summed E-state index contributed by atoms with van der Waals surface area (Å²) < 4.78 is 10.8. The first-order chi connectivity index (χ1) is 16.0. The molecule has 0 fully saturated rings. The molecule has 0 radical (unpaired) electrons. The van der Waals surface area contributed by atoms with Crippen LogP contribution in [0.5, 0.6) is 11.5 Å². The van der Waals surface area contributed by atoms with Crippen molar-refractivity contribution in [2.45, 2.75) is 13.3 Å². The first-order valence-electron chi connectivity index (χ1n) is 10.6. The van der Waals surface area contributed by atoms with Crippen molar-refractivity contribution in [3.8, 4) is 11.5 Å². The number of anilines is 2. The van der Waals surface area contributed by atoms with Crippen molar-refractivity contribution in [2.75, 3.05) is 23.9 Å². The maximum atomic E-state index is 13.5. The summed E-state index contributed by atoms with van der Waals surface area (Å²) in [5.74, 6) is 0.364. The molecule has 0 bridgehead atoms. The highest BCUT2D eigenvalue weighted by molar-refractivity contribution is 6.46. The van der Waals surface area contributed by atoms with Gasteiger partial charge in [-0.1, -0.05) is 48.9 Å². The molecule has 0 saturated heterocycles. The third-order valence-electron chi connectivity index (χ3n) is 5.14. The van der Waals surface area contributed by atoms with E-state index >= 15 is 0 Å². The molecule has 7 heteroatoms. The molecule has 0 unspecified atom stereocenters. The first-order valence-corrected chi connectivity index (χ1v) is 10.9. The average molecular weight is 463 g/mol. The predicted octanol–water partition coefficient (Wildman–Crippen LogP) is 5.53. The summed E-state index contributed by atoms with van der Waals surface area (Å²) in [4.78, 5) is 28.1. The van der Waals surface area contributed by atoms with Gasteiger partial charge in [-0.3, -0.25) is 9.59 Å². The molecule has 0 aromatic heterocycles. The Hall–Kier alpha value is -3.77. The van der Waals surface area contributed by atoms with Crippen LogP contribution in [-0.2, 0) is 9.59 Å². The summed E-state index contributed by atoms with van der Waals surface area (Å²) in [5, 5.41) is 3.49. The first kappa shape index (κ1) is 22.4. The maximum absolute atomic E-state index is 13.5. The van der Waals surface area contributed by atoms with Crippen molar-refractivity contribution >= 4 is 40.4 Å². The summed E-state index contributed by atoms with van der Waals surface area (Å²) in [7, 11) is 1.53. The van der Waals surface area contributed by atoms with Crippen LogP contribution < -0.4 is 19.7 Å². The Bertz CT molecular complexity index is 1210. The van der Waals surface area contributed by atoms with Gasteiger partial charge in [0.1, 0.15) is 17.2 Å². The number of rotatable bonds is 8. The number of hydrogen-bond acceptors (Lipinski definition) is 5. The normalized spacial score (nSPS) is 13.5. The highest BCUT2D eigenvalue weighted by Crippen LogP contribution is 2.35. The smallest absolute Gasteiger partial charge is 0.282 e. The quantitative estimate of drug-likeness (QED) is 0.445. The van der Waals surface area contributed by atoms with E-state index in [0.717, 1.165) is 6.42 Å². The van der Waals surface area contributed by atoms with Crippen molar-refractivity contribution in [3.05, 3.63) is 89.1 Å². The molecule has 1 aliphatic rings. The number of carbonyl (C=O) groups excluding carboxylic acids is 2. The van der Waals surface area contributed by atoms with Crippen LogP contribution in [0.3, 0.4) is 0 Å². The van der Waals surface area contributed by atoms with Crippen LogP contribution >= 0.6 is 11.6 Å². The maximum Gasteiger partial charge on any atom is 0.282 e. The second kappa shape index (κ2) is 9.79. The number of methoxy groups -OCH3 is 1. The van der Waals surface area contributed by atoms with E-state index in [-0.39, 0.29) is 11.3 Å². The molecule has 3 aromatic carbocycles. The van der Waals surface area contributed by atoms with E-state index < -0.39 is 11.8 Å². The number of para-hydroxylation sites is 1. The fourth-order valence-electron chi connectivity index (χ4n) is 3.55. The number of benzene rings is 3. The lowest BCUT2D eigenvalue weighted by Crippen LogP contribution is -2.32. The molecular weight excluding hydrogens is 440 g/mol. The van der Waals surface area contributed by atoms with Gasteiger partial charge in [0, 0.05) is 5.69 Å². The Morgan fingerprint density at radius 2 is 1.67 bits per heavy atom. The molecule has 0 aliphatic carbocycles. The number of imide groups is 1. The highest BCUT2D eigenvalue weighted by atomic mass is 35.5. The van der Waals surface area contributed by atoms with Gasteiger partial charge in [0.15, 0.2) is 0 Å². The Morgan fingerprint density at radius 1 is 0.939 bits per heavy atom. The van der Waals surface area contributed by atoms with Crippen molar-refractivity contribution in [2.24, 2.45) is 0 Å². The minimum absolute atomic E-state index is 0.173. The summed E-state index contributed by atoms with van der Waals surface area (Å²) in [6, 6.07) is 21.1. The molecule has 33 heavy (non-hydrogen) atoms. The van der Waals surface area contributed by atoms with Crippen LogP contribution in [0.15, 0.2) is 78.5 Å². The van der Waals surface area contributed by atoms with Crippen LogP contribution in [0.25, 0.3) is 5.57 Å². The number of carbonyl (C=O) groups is 2. The van der Waals surface area contributed by atoms with E-state index in [1.165, 1.54) is 12.0 Å². The Morgan fingerprint density at radius 3 is 2.30 bits per heavy atom. The molecule has 1 aliphatic heterocycles. The molecule has 0 atom stereocenters. The molecule has 3 aromatic rings. The van der Waals surface area contributed by atoms with E-state index in [1.807, 2.05) is 13.0 Å². The lowest BCUT2D eigenvalue weighted by molar-refractivity contribution is -0.120. The summed E-state index contributed by atoms with van der Waals surface area (Å²) in [6.45, 7) is 2.63. The third kappa shape index (κ3) is 4.56. The van der Waals surface area contributed by atoms with Gasteiger partial charge in [0.05, 0.1) is 30.0 Å². The van der Waals surface area contributed by atoms with Gasteiger partial charge in [0.25, 0.3) is 11.8 Å². The SMILES string of the molecule is CCCOc1ccc(C2=C(Nc3ccc(OC)c(Cl)c3)C(=O)N(c3ccccc3)C2=O)cc1. The molecule has 168 valence electrons. The topological polar surface area (TPSA) is 67.9 Å². The van der Waals surface area contributed by atoms with Gasteiger partial charge in [-0.05, 0) is 54.4 Å². The number of hydrogen-bond donors (Lipinski definition) is 1. The van der Waals surface area contributed by atoms with Crippen molar-refractivity contribution in [3.63, 3.8) is 0 Å². The minimum Gasteiger partial charge on any atom is -0.495 e. The van der Waals surface area contributed by atoms with Crippen LogP contribution in [0.4, 0.5) is 11.4 Å². The molecule has 1 N–H and O–H groups in total. The number of nitrogens with zero attached hydrogens (tertiary/aromatic N) is 1. The second-order valence-electron chi connectivity index (χ2n) is 7.38. The van der Waals surface area contributed by atoms with E-state index in [0.29, 0.717) is 40.1 Å². The van der Waals surface area contributed by atoms with E-state index in [9.17, 15) is 9.59 Å². The summed E-state index contributed by atoms with van der Waals surface area (Å²) in [5.41, 5.74) is 2.12. The van der Waals surface area contributed by atoms with Gasteiger partial charge in [-0.25, -0.2) is 4.90 Å². The van der Waals surface area contributed by atoms with E-state index in [4.69, 9.17) is 21.1 Å². The standard InChI is InChI=1S/C26H23ClN2O4/c1-3-15-33-20-12-9-17(10-13-20)23-24(28-18-11-14-22(32-2)21(27)16-18)26(31)29(25(23)30)19-7-5-4-6-8-19/h4-14,16,28H,3,15H2,1-2H3. The van der Waals surface area contributed by atoms with Crippen LogP contribution in [0.1, 0.15) is 18.9 Å². The van der Waals surface area contributed by atoms with E-state index in [2.05, 4.69) is 5.32 Å². The third-order valence-corrected chi connectivity index (χ3v) is 5.43. The van der Waals surface area contributed by atoms with Gasteiger partial charge < -0.3 is 14.8 Å². The average Bonchev–Trinajstić information content (AvgIpc) is 3.08. The molecule has 6 nitrogen and oxygen atoms in total. The van der Waals surface area contributed by atoms with Crippen molar-refractivity contribution < 1.29 is 19.1 Å².